The maximum atomic E-state index is 7.21. The fourth-order valence-corrected chi connectivity index (χ4v) is 0. The van der Waals surface area contributed by atoms with Crippen LogP contribution in [-0.4, -0.2) is 18.9 Å². The van der Waals surface area contributed by atoms with Crippen molar-refractivity contribution in [2.75, 3.05) is 0 Å². The summed E-state index contributed by atoms with van der Waals surface area (Å²) in [5, 5.41) is 7.21. The van der Waals surface area contributed by atoms with Gasteiger partial charge in [0.1, 0.15) is 0 Å². The first-order valence-corrected chi connectivity index (χ1v) is 0.952. The van der Waals surface area contributed by atoms with Crippen molar-refractivity contribution in [3.63, 3.8) is 0 Å². The summed E-state index contributed by atoms with van der Waals surface area (Å²) in [4.78, 5) is 1.50. The fourth-order valence-electron chi connectivity index (χ4n) is 0. The van der Waals surface area contributed by atoms with Crippen molar-refractivity contribution in [1.29, 1.82) is 5.26 Å². The van der Waals surface area contributed by atoms with Crippen molar-refractivity contribution in [2.45, 2.75) is 0 Å². The van der Waals surface area contributed by atoms with Crippen LogP contribution in [0.5, 0.6) is 0 Å². The third-order valence-corrected chi connectivity index (χ3v) is 0. The van der Waals surface area contributed by atoms with Gasteiger partial charge in [0.15, 0.2) is 0 Å². The Morgan fingerprint density at radius 1 is 1.75 bits per heavy atom. The molecule has 0 atom stereocenters. The summed E-state index contributed by atoms with van der Waals surface area (Å²) in [7, 11) is 0. The molecule has 0 aromatic heterocycles. The van der Waals surface area contributed by atoms with Gasteiger partial charge in [-0.2, -0.15) is 0 Å². The van der Waals surface area contributed by atoms with Crippen LogP contribution in [0.3, 0.4) is 0 Å². The predicted octanol–water partition coefficient (Wildman–Crippen LogP) is -0.634. The Morgan fingerprint density at radius 3 is 1.75 bits per heavy atom. The van der Waals surface area contributed by atoms with Crippen molar-refractivity contribution < 1.29 is 16.0 Å². The Balaban J connectivity index is 0. The molecule has 0 radical (unpaired) electrons. The Bertz CT molecular complexity index is 29.5. The summed E-state index contributed by atoms with van der Waals surface area (Å²) in [6.45, 7) is 0. The standard InChI is InChI=1S/CN.Fe.Li.H/c1-2;;;. The first-order chi connectivity index (χ1) is 1.41. The first-order valence-electron chi connectivity index (χ1n) is 0.400. The number of rotatable bonds is 0. The molecule has 19 valence electrons. The molecule has 0 rings (SSSR count). The van der Waals surface area contributed by atoms with Crippen LogP contribution in [0.2, 0.25) is 0 Å². The SMILES string of the molecule is N#[C][Fe].[LiH]. The van der Waals surface area contributed by atoms with Gasteiger partial charge >= 0.3 is 45.1 Å². The minimum absolute atomic E-state index is 0. The normalized spacial score (nSPS) is 2.00. The summed E-state index contributed by atoms with van der Waals surface area (Å²) in [6, 6.07) is 0. The van der Waals surface area contributed by atoms with E-state index in [0.717, 1.165) is 0 Å². The van der Waals surface area contributed by atoms with Gasteiger partial charge in [-0.3, -0.25) is 0 Å². The molecule has 0 spiro atoms. The Hall–Kier alpha value is 0.607. The topological polar surface area (TPSA) is 23.8 Å². The van der Waals surface area contributed by atoms with Crippen LogP contribution in [0.15, 0.2) is 0 Å². The van der Waals surface area contributed by atoms with E-state index < -0.39 is 0 Å². The van der Waals surface area contributed by atoms with Crippen LogP contribution in [0.1, 0.15) is 0 Å². The average Bonchev–Trinajstić information content (AvgIpc) is 0.918. The summed E-state index contributed by atoms with van der Waals surface area (Å²) in [5.41, 5.74) is 0. The van der Waals surface area contributed by atoms with Gasteiger partial charge < -0.3 is 0 Å². The van der Waals surface area contributed by atoms with E-state index in [1.807, 2.05) is 0 Å². The third-order valence-electron chi connectivity index (χ3n) is 0. The fraction of sp³-hybridized carbons (Fsp3) is 0. The number of hydrogen-bond acceptors (Lipinski definition) is 1. The number of nitrogens with zero attached hydrogens (tertiary/aromatic N) is 1. The molecule has 0 N–H and O–H groups in total. The molecule has 3 heteroatoms. The van der Waals surface area contributed by atoms with Gasteiger partial charge in [-0.15, -0.1) is 0 Å². The number of hydrogen-bond donors (Lipinski definition) is 0. The Kier molecular flexibility index (Phi) is 20.9. The van der Waals surface area contributed by atoms with E-state index in [1.54, 1.807) is 0 Å². The molecule has 0 saturated heterocycles. The van der Waals surface area contributed by atoms with E-state index in [-0.39, 0.29) is 18.9 Å². The average molecular weight is 89.8 g/mol. The molecule has 1 nitrogen and oxygen atoms in total. The molecule has 0 aromatic carbocycles. The second-order valence-electron chi connectivity index (χ2n) is 0.0791. The molecule has 0 fully saturated rings. The second-order valence-corrected chi connectivity index (χ2v) is 0.326. The van der Waals surface area contributed by atoms with E-state index in [2.05, 4.69) is 16.0 Å². The molecule has 0 aliphatic heterocycles. The van der Waals surface area contributed by atoms with Gasteiger partial charge in [0.2, 0.25) is 0 Å². The molecule has 4 heavy (non-hydrogen) atoms. The molecule has 0 unspecified atom stereocenters. The van der Waals surface area contributed by atoms with Crippen LogP contribution in [-0.2, 0) is 16.0 Å². The zero-order valence-electron chi connectivity index (χ0n) is 1.30. The molecule has 0 bridgehead atoms. The molecular formula is CHFeLiN. The van der Waals surface area contributed by atoms with Gasteiger partial charge in [0.05, 0.1) is 0 Å². The van der Waals surface area contributed by atoms with Crippen molar-refractivity contribution in [1.82, 2.24) is 0 Å². The third kappa shape index (κ3) is 18.3. The van der Waals surface area contributed by atoms with E-state index in [0.29, 0.717) is 0 Å². The van der Waals surface area contributed by atoms with Crippen LogP contribution in [0.4, 0.5) is 0 Å². The summed E-state index contributed by atoms with van der Waals surface area (Å²) in [6.07, 6.45) is 0. The molecule has 0 saturated carbocycles. The van der Waals surface area contributed by atoms with Crippen LogP contribution in [0, 0.1) is 10.2 Å². The molecule has 0 aliphatic carbocycles. The van der Waals surface area contributed by atoms with Gasteiger partial charge in [0.25, 0.3) is 0 Å². The molecule has 0 amide bonds. The predicted molar refractivity (Wildman–Crippen MR) is 12.8 cm³/mol. The number of nitriles is 1. The Morgan fingerprint density at radius 2 is 1.75 bits per heavy atom. The molecule has 0 aliphatic rings. The van der Waals surface area contributed by atoms with E-state index in [4.69, 9.17) is 5.26 Å². The molecular weight excluding hydrogens is 88.8 g/mol. The summed E-state index contributed by atoms with van der Waals surface area (Å²) >= 11 is 2.79. The molecule has 0 heterocycles. The zero-order valence-corrected chi connectivity index (χ0v) is 2.40. The van der Waals surface area contributed by atoms with Crippen LogP contribution >= 0.6 is 0 Å². The molecule has 0 aromatic rings. The Labute approximate surface area is 45.4 Å². The first kappa shape index (κ1) is 8.82. The monoisotopic (exact) mass is 90.0 g/mol. The zero-order chi connectivity index (χ0) is 2.71. The van der Waals surface area contributed by atoms with E-state index in [1.165, 1.54) is 4.97 Å². The van der Waals surface area contributed by atoms with E-state index in [9.17, 15) is 0 Å². The second kappa shape index (κ2) is 9.49. The van der Waals surface area contributed by atoms with Crippen molar-refractivity contribution in [3.8, 4) is 4.97 Å². The van der Waals surface area contributed by atoms with Crippen molar-refractivity contribution in [3.05, 3.63) is 0 Å². The quantitative estimate of drug-likeness (QED) is 0.363. The summed E-state index contributed by atoms with van der Waals surface area (Å²) < 4.78 is 0. The van der Waals surface area contributed by atoms with Crippen molar-refractivity contribution in [2.24, 2.45) is 0 Å². The van der Waals surface area contributed by atoms with Gasteiger partial charge in [0, 0.05) is 0 Å². The van der Waals surface area contributed by atoms with Crippen LogP contribution in [0.25, 0.3) is 0 Å². The minimum atomic E-state index is 0. The van der Waals surface area contributed by atoms with Gasteiger partial charge in [-0.05, 0) is 0 Å². The van der Waals surface area contributed by atoms with Gasteiger partial charge in [-0.1, -0.05) is 0 Å². The van der Waals surface area contributed by atoms with E-state index >= 15 is 0 Å². The van der Waals surface area contributed by atoms with Crippen LogP contribution < -0.4 is 0 Å². The summed E-state index contributed by atoms with van der Waals surface area (Å²) in [5.74, 6) is 0. The van der Waals surface area contributed by atoms with Gasteiger partial charge in [-0.25, -0.2) is 0 Å². The maximum absolute atomic E-state index is 7.21. The van der Waals surface area contributed by atoms with Crippen molar-refractivity contribution >= 4 is 18.9 Å².